The predicted octanol–water partition coefficient (Wildman–Crippen LogP) is 2.44. The highest BCUT2D eigenvalue weighted by atomic mass is 127. The number of para-hydroxylation sites is 1. The number of likely N-dealkylation sites (N-methyl/N-ethyl adjacent to an activating group) is 1. The van der Waals surface area contributed by atoms with E-state index in [4.69, 9.17) is 9.47 Å². The number of hydrogen-bond acceptors (Lipinski definition) is 3. The summed E-state index contributed by atoms with van der Waals surface area (Å²) < 4.78 is 12.6. The summed E-state index contributed by atoms with van der Waals surface area (Å²) in [6, 6.07) is 8.51. The SMILES string of the molecule is CCNC1CC(Oc2ccccc2I)C1OC. The van der Waals surface area contributed by atoms with Crippen molar-refractivity contribution in [2.45, 2.75) is 31.6 Å². The van der Waals surface area contributed by atoms with Crippen molar-refractivity contribution in [3.63, 3.8) is 0 Å². The van der Waals surface area contributed by atoms with Crippen LogP contribution in [-0.2, 0) is 4.74 Å². The molecule has 1 aliphatic rings. The smallest absolute Gasteiger partial charge is 0.133 e. The molecule has 0 saturated heterocycles. The number of benzene rings is 1. The van der Waals surface area contributed by atoms with E-state index in [9.17, 15) is 0 Å². The third-order valence-corrected chi connectivity index (χ3v) is 3.99. The van der Waals surface area contributed by atoms with Crippen molar-refractivity contribution in [2.75, 3.05) is 13.7 Å². The van der Waals surface area contributed by atoms with Crippen LogP contribution in [0.1, 0.15) is 13.3 Å². The van der Waals surface area contributed by atoms with Crippen molar-refractivity contribution in [1.29, 1.82) is 0 Å². The van der Waals surface area contributed by atoms with E-state index in [1.807, 2.05) is 18.2 Å². The average Bonchev–Trinajstić information content (AvgIpc) is 2.30. The topological polar surface area (TPSA) is 30.5 Å². The molecule has 0 radical (unpaired) electrons. The van der Waals surface area contributed by atoms with Crippen molar-refractivity contribution in [3.05, 3.63) is 27.8 Å². The van der Waals surface area contributed by atoms with Crippen molar-refractivity contribution in [3.8, 4) is 5.75 Å². The Bertz CT molecular complexity index is 372. The number of ether oxygens (including phenoxy) is 2. The normalized spacial score (nSPS) is 27.6. The molecule has 1 aromatic carbocycles. The van der Waals surface area contributed by atoms with Gasteiger partial charge in [0.1, 0.15) is 18.0 Å². The zero-order valence-electron chi connectivity index (χ0n) is 10.2. The lowest BCUT2D eigenvalue weighted by molar-refractivity contribution is -0.0886. The van der Waals surface area contributed by atoms with Gasteiger partial charge in [0.2, 0.25) is 0 Å². The molecule has 1 aliphatic carbocycles. The highest BCUT2D eigenvalue weighted by Gasteiger charge is 2.42. The maximum absolute atomic E-state index is 5.99. The van der Waals surface area contributed by atoms with Gasteiger partial charge in [0.15, 0.2) is 0 Å². The van der Waals surface area contributed by atoms with E-state index in [-0.39, 0.29) is 12.2 Å². The lowest BCUT2D eigenvalue weighted by Crippen LogP contribution is -2.60. The molecule has 0 spiro atoms. The third-order valence-electron chi connectivity index (χ3n) is 3.10. The van der Waals surface area contributed by atoms with E-state index < -0.39 is 0 Å². The van der Waals surface area contributed by atoms with Crippen LogP contribution in [0.5, 0.6) is 5.75 Å². The van der Waals surface area contributed by atoms with Gasteiger partial charge >= 0.3 is 0 Å². The Morgan fingerprint density at radius 3 is 2.82 bits per heavy atom. The first-order chi connectivity index (χ1) is 8.26. The van der Waals surface area contributed by atoms with E-state index in [0.29, 0.717) is 6.04 Å². The quantitative estimate of drug-likeness (QED) is 0.830. The van der Waals surface area contributed by atoms with Gasteiger partial charge < -0.3 is 14.8 Å². The summed E-state index contributed by atoms with van der Waals surface area (Å²) in [6.07, 6.45) is 1.34. The summed E-state index contributed by atoms with van der Waals surface area (Å²) >= 11 is 2.29. The highest BCUT2D eigenvalue weighted by molar-refractivity contribution is 14.1. The Hall–Kier alpha value is -0.330. The summed E-state index contributed by atoms with van der Waals surface area (Å²) in [4.78, 5) is 0. The van der Waals surface area contributed by atoms with Crippen LogP contribution in [0.15, 0.2) is 24.3 Å². The Kier molecular flexibility index (Phi) is 4.64. The maximum Gasteiger partial charge on any atom is 0.133 e. The molecule has 3 unspecified atom stereocenters. The first-order valence-electron chi connectivity index (χ1n) is 5.93. The monoisotopic (exact) mass is 347 g/mol. The molecular formula is C13H18INO2. The Balaban J connectivity index is 1.95. The molecule has 0 aromatic heterocycles. The molecule has 17 heavy (non-hydrogen) atoms. The fourth-order valence-corrected chi connectivity index (χ4v) is 2.69. The van der Waals surface area contributed by atoms with Crippen LogP contribution in [0.25, 0.3) is 0 Å². The second-order valence-corrected chi connectivity index (χ2v) is 5.35. The van der Waals surface area contributed by atoms with Gasteiger partial charge in [-0.15, -0.1) is 0 Å². The zero-order valence-corrected chi connectivity index (χ0v) is 12.3. The molecule has 4 heteroatoms. The summed E-state index contributed by atoms with van der Waals surface area (Å²) in [5.41, 5.74) is 0. The molecule has 0 amide bonds. The third kappa shape index (κ3) is 2.92. The molecule has 0 aliphatic heterocycles. The van der Waals surface area contributed by atoms with E-state index in [1.165, 1.54) is 0 Å². The van der Waals surface area contributed by atoms with Crippen molar-refractivity contribution in [1.82, 2.24) is 5.32 Å². The fraction of sp³-hybridized carbons (Fsp3) is 0.538. The maximum atomic E-state index is 5.99. The Morgan fingerprint density at radius 2 is 2.18 bits per heavy atom. The molecule has 1 fully saturated rings. The van der Waals surface area contributed by atoms with E-state index >= 15 is 0 Å². The van der Waals surface area contributed by atoms with Crippen LogP contribution < -0.4 is 10.1 Å². The van der Waals surface area contributed by atoms with Gasteiger partial charge in [-0.1, -0.05) is 19.1 Å². The van der Waals surface area contributed by atoms with Crippen molar-refractivity contribution < 1.29 is 9.47 Å². The Morgan fingerprint density at radius 1 is 1.41 bits per heavy atom. The molecule has 3 nitrogen and oxygen atoms in total. The standard InChI is InChI=1S/C13H18INO2/c1-3-15-10-8-12(13(10)16-2)17-11-7-5-4-6-9(11)14/h4-7,10,12-13,15H,3,8H2,1-2H3. The molecule has 0 heterocycles. The van der Waals surface area contributed by atoms with Crippen LogP contribution in [0.3, 0.4) is 0 Å². The van der Waals surface area contributed by atoms with Crippen LogP contribution >= 0.6 is 22.6 Å². The van der Waals surface area contributed by atoms with Gasteiger partial charge in [0.25, 0.3) is 0 Å². The molecule has 1 aromatic rings. The van der Waals surface area contributed by atoms with Crippen molar-refractivity contribution >= 4 is 22.6 Å². The molecule has 0 bridgehead atoms. The molecule has 3 atom stereocenters. The lowest BCUT2D eigenvalue weighted by atomic mass is 9.85. The fourth-order valence-electron chi connectivity index (χ4n) is 2.18. The number of nitrogens with one attached hydrogen (secondary N) is 1. The molecular weight excluding hydrogens is 329 g/mol. The largest absolute Gasteiger partial charge is 0.486 e. The molecule has 1 saturated carbocycles. The average molecular weight is 347 g/mol. The zero-order chi connectivity index (χ0) is 12.3. The lowest BCUT2D eigenvalue weighted by Gasteiger charge is -2.43. The minimum atomic E-state index is 0.158. The van der Waals surface area contributed by atoms with Gasteiger partial charge in [0, 0.05) is 19.6 Å². The van der Waals surface area contributed by atoms with E-state index in [1.54, 1.807) is 7.11 Å². The minimum absolute atomic E-state index is 0.158. The number of halogens is 1. The predicted molar refractivity (Wildman–Crippen MR) is 76.5 cm³/mol. The van der Waals surface area contributed by atoms with Gasteiger partial charge in [-0.3, -0.25) is 0 Å². The van der Waals surface area contributed by atoms with Crippen LogP contribution in [-0.4, -0.2) is 31.9 Å². The number of methoxy groups -OCH3 is 1. The van der Waals surface area contributed by atoms with E-state index in [2.05, 4.69) is 40.9 Å². The summed E-state index contributed by atoms with van der Waals surface area (Å²) in [7, 11) is 1.75. The van der Waals surface area contributed by atoms with Crippen LogP contribution in [0.4, 0.5) is 0 Å². The molecule has 2 rings (SSSR count). The van der Waals surface area contributed by atoms with Gasteiger partial charge in [-0.25, -0.2) is 0 Å². The summed E-state index contributed by atoms with van der Waals surface area (Å²) in [5.74, 6) is 0.954. The minimum Gasteiger partial charge on any atom is -0.486 e. The Labute approximate surface area is 116 Å². The first kappa shape index (κ1) is 13.1. The first-order valence-corrected chi connectivity index (χ1v) is 7.01. The number of hydrogen-bond donors (Lipinski definition) is 1. The summed E-state index contributed by atoms with van der Waals surface area (Å²) in [5, 5.41) is 3.41. The van der Waals surface area contributed by atoms with Crippen LogP contribution in [0, 0.1) is 3.57 Å². The second-order valence-electron chi connectivity index (χ2n) is 4.19. The van der Waals surface area contributed by atoms with Gasteiger partial charge in [-0.2, -0.15) is 0 Å². The van der Waals surface area contributed by atoms with Crippen molar-refractivity contribution in [2.24, 2.45) is 0 Å². The van der Waals surface area contributed by atoms with E-state index in [0.717, 1.165) is 22.3 Å². The number of rotatable bonds is 5. The van der Waals surface area contributed by atoms with Gasteiger partial charge in [0.05, 0.1) is 3.57 Å². The summed E-state index contributed by atoms with van der Waals surface area (Å²) in [6.45, 7) is 3.08. The highest BCUT2D eigenvalue weighted by Crippen LogP contribution is 2.30. The molecule has 1 N–H and O–H groups in total. The second kappa shape index (κ2) is 6.02. The molecule has 94 valence electrons. The van der Waals surface area contributed by atoms with Crippen LogP contribution in [0.2, 0.25) is 0 Å². The van der Waals surface area contributed by atoms with Gasteiger partial charge in [-0.05, 0) is 41.3 Å².